The van der Waals surface area contributed by atoms with Crippen LogP contribution in [0.3, 0.4) is 0 Å². The van der Waals surface area contributed by atoms with Crippen molar-refractivity contribution in [1.82, 2.24) is 14.5 Å². The number of nitrogens with zero attached hydrogens (tertiary/aromatic N) is 3. The standard InChI is InChI=1S/C20H15F2N3O2/c1-12-10-14(13-6-2-3-7-15(13)23-12)19(26)27-11-18-24-16-8-4-5-9-17(16)25(18)20(21)22/h2-10,20H,11H2,1H3. The number of rotatable bonds is 4. The summed E-state index contributed by atoms with van der Waals surface area (Å²) >= 11 is 0. The second-order valence-corrected chi connectivity index (χ2v) is 6.07. The topological polar surface area (TPSA) is 57.0 Å². The zero-order valence-electron chi connectivity index (χ0n) is 14.4. The summed E-state index contributed by atoms with van der Waals surface area (Å²) in [5, 5.41) is 0.649. The Bertz CT molecular complexity index is 1150. The quantitative estimate of drug-likeness (QED) is 0.493. The third kappa shape index (κ3) is 3.12. The Morgan fingerprint density at radius 2 is 1.78 bits per heavy atom. The maximum atomic E-state index is 13.5. The summed E-state index contributed by atoms with van der Waals surface area (Å²) in [4.78, 5) is 21.2. The lowest BCUT2D eigenvalue weighted by atomic mass is 10.1. The van der Waals surface area contributed by atoms with Crippen LogP contribution in [-0.2, 0) is 11.3 Å². The van der Waals surface area contributed by atoms with Gasteiger partial charge in [0.1, 0.15) is 6.61 Å². The first-order chi connectivity index (χ1) is 13.0. The van der Waals surface area contributed by atoms with Gasteiger partial charge in [0, 0.05) is 11.1 Å². The number of pyridine rings is 1. The summed E-state index contributed by atoms with van der Waals surface area (Å²) in [6.07, 6.45) is 0. The van der Waals surface area contributed by atoms with Gasteiger partial charge in [0.05, 0.1) is 22.1 Å². The van der Waals surface area contributed by atoms with Crippen LogP contribution in [0.2, 0.25) is 0 Å². The summed E-state index contributed by atoms with van der Waals surface area (Å²) < 4.78 is 33.0. The molecule has 4 aromatic rings. The molecule has 0 saturated heterocycles. The molecule has 0 aliphatic rings. The molecule has 0 atom stereocenters. The maximum Gasteiger partial charge on any atom is 0.339 e. The second-order valence-electron chi connectivity index (χ2n) is 6.07. The number of aromatic nitrogens is 3. The molecule has 2 aromatic carbocycles. The predicted molar refractivity (Wildman–Crippen MR) is 96.6 cm³/mol. The van der Waals surface area contributed by atoms with Gasteiger partial charge < -0.3 is 4.74 Å². The van der Waals surface area contributed by atoms with E-state index in [1.165, 1.54) is 0 Å². The molecule has 0 spiro atoms. The molecule has 0 aliphatic heterocycles. The van der Waals surface area contributed by atoms with Crippen LogP contribution >= 0.6 is 0 Å². The number of carbonyl (C=O) groups excluding carboxylic acids is 1. The first-order valence-electron chi connectivity index (χ1n) is 8.32. The van der Waals surface area contributed by atoms with E-state index in [1.54, 1.807) is 55.5 Å². The predicted octanol–water partition coefficient (Wildman–Crippen LogP) is 4.65. The number of halogens is 2. The van der Waals surface area contributed by atoms with Gasteiger partial charge in [0.2, 0.25) is 0 Å². The van der Waals surface area contributed by atoms with Gasteiger partial charge in [0.25, 0.3) is 0 Å². The lowest BCUT2D eigenvalue weighted by molar-refractivity contribution is 0.0389. The zero-order chi connectivity index (χ0) is 19.0. The molecular weight excluding hydrogens is 352 g/mol. The molecule has 0 bridgehead atoms. The highest BCUT2D eigenvalue weighted by molar-refractivity contribution is 6.03. The Morgan fingerprint density at radius 1 is 1.07 bits per heavy atom. The van der Waals surface area contributed by atoms with Crippen molar-refractivity contribution in [1.29, 1.82) is 0 Å². The number of imidazole rings is 1. The van der Waals surface area contributed by atoms with Crippen LogP contribution in [0.4, 0.5) is 8.78 Å². The molecule has 2 heterocycles. The highest BCUT2D eigenvalue weighted by atomic mass is 19.3. The Hall–Kier alpha value is -3.35. The highest BCUT2D eigenvalue weighted by Crippen LogP contribution is 2.24. The molecule has 5 nitrogen and oxygen atoms in total. The second kappa shape index (κ2) is 6.75. The number of alkyl halides is 2. The van der Waals surface area contributed by atoms with Crippen LogP contribution in [0.25, 0.3) is 21.9 Å². The van der Waals surface area contributed by atoms with Crippen molar-refractivity contribution in [3.63, 3.8) is 0 Å². The average molecular weight is 367 g/mol. The van der Waals surface area contributed by atoms with E-state index in [0.717, 1.165) is 4.57 Å². The zero-order valence-corrected chi connectivity index (χ0v) is 14.4. The van der Waals surface area contributed by atoms with Crippen molar-refractivity contribution in [3.05, 3.63) is 71.7 Å². The molecular formula is C20H15F2N3O2. The Morgan fingerprint density at radius 3 is 2.56 bits per heavy atom. The van der Waals surface area contributed by atoms with Gasteiger partial charge in [-0.2, -0.15) is 8.78 Å². The summed E-state index contributed by atoms with van der Waals surface area (Å²) in [7, 11) is 0. The minimum Gasteiger partial charge on any atom is -0.454 e. The van der Waals surface area contributed by atoms with Gasteiger partial charge in [0.15, 0.2) is 5.82 Å². The summed E-state index contributed by atoms with van der Waals surface area (Å²) in [6.45, 7) is -1.36. The molecule has 136 valence electrons. The molecule has 0 radical (unpaired) electrons. The number of hydrogen-bond donors (Lipinski definition) is 0. The molecule has 0 aliphatic carbocycles. The molecule has 0 saturated carbocycles. The summed E-state index contributed by atoms with van der Waals surface area (Å²) in [6, 6.07) is 15.4. The van der Waals surface area contributed by atoms with Gasteiger partial charge in [-0.1, -0.05) is 30.3 Å². The summed E-state index contributed by atoms with van der Waals surface area (Å²) in [5.41, 5.74) is 2.40. The Labute approximate surface area is 153 Å². The fourth-order valence-electron chi connectivity index (χ4n) is 3.10. The van der Waals surface area contributed by atoms with Crippen LogP contribution in [0.1, 0.15) is 28.4 Å². The Kier molecular flexibility index (Phi) is 4.27. The van der Waals surface area contributed by atoms with Crippen molar-refractivity contribution in [2.75, 3.05) is 0 Å². The number of ether oxygens (including phenoxy) is 1. The molecule has 27 heavy (non-hydrogen) atoms. The molecule has 0 fully saturated rings. The van der Waals surface area contributed by atoms with E-state index in [9.17, 15) is 13.6 Å². The average Bonchev–Trinajstić information content (AvgIpc) is 3.04. The van der Waals surface area contributed by atoms with Crippen molar-refractivity contribution >= 4 is 27.9 Å². The number of fused-ring (bicyclic) bond motifs is 2. The van der Waals surface area contributed by atoms with Crippen molar-refractivity contribution in [2.45, 2.75) is 20.1 Å². The fraction of sp³-hybridized carbons (Fsp3) is 0.150. The SMILES string of the molecule is Cc1cc(C(=O)OCc2nc3ccccc3n2C(F)F)c2ccccc2n1. The monoisotopic (exact) mass is 367 g/mol. The van der Waals surface area contributed by atoms with Gasteiger partial charge in [-0.3, -0.25) is 9.55 Å². The molecule has 4 rings (SSSR count). The minimum absolute atomic E-state index is 0.00497. The van der Waals surface area contributed by atoms with Gasteiger partial charge in [-0.25, -0.2) is 9.78 Å². The Balaban J connectivity index is 1.66. The molecule has 2 aromatic heterocycles. The van der Waals surface area contributed by atoms with Crippen molar-refractivity contribution in [2.24, 2.45) is 0 Å². The van der Waals surface area contributed by atoms with Gasteiger partial charge in [-0.15, -0.1) is 0 Å². The summed E-state index contributed by atoms with van der Waals surface area (Å²) in [5.74, 6) is -0.612. The molecule has 7 heteroatoms. The number of hydrogen-bond acceptors (Lipinski definition) is 4. The number of para-hydroxylation sites is 3. The van der Waals surface area contributed by atoms with Gasteiger partial charge in [-0.05, 0) is 31.2 Å². The lowest BCUT2D eigenvalue weighted by Gasteiger charge is -2.10. The lowest BCUT2D eigenvalue weighted by Crippen LogP contribution is -2.11. The van der Waals surface area contributed by atoms with E-state index in [0.29, 0.717) is 33.2 Å². The highest BCUT2D eigenvalue weighted by Gasteiger charge is 2.20. The van der Waals surface area contributed by atoms with Crippen LogP contribution in [0, 0.1) is 6.92 Å². The maximum absolute atomic E-state index is 13.5. The molecule has 0 unspecified atom stereocenters. The molecule has 0 amide bonds. The first-order valence-corrected chi connectivity index (χ1v) is 8.32. The van der Waals surface area contributed by atoms with Crippen molar-refractivity contribution in [3.8, 4) is 0 Å². The van der Waals surface area contributed by atoms with E-state index in [1.807, 2.05) is 6.07 Å². The van der Waals surface area contributed by atoms with E-state index in [4.69, 9.17) is 4.74 Å². The number of carbonyl (C=O) groups is 1. The molecule has 0 N–H and O–H groups in total. The van der Waals surface area contributed by atoms with E-state index in [-0.39, 0.29) is 12.4 Å². The van der Waals surface area contributed by atoms with Crippen LogP contribution < -0.4 is 0 Å². The minimum atomic E-state index is -2.78. The van der Waals surface area contributed by atoms with Crippen LogP contribution in [-0.4, -0.2) is 20.5 Å². The third-order valence-corrected chi connectivity index (χ3v) is 4.26. The van der Waals surface area contributed by atoms with Crippen LogP contribution in [0.5, 0.6) is 0 Å². The number of esters is 1. The number of aryl methyl sites for hydroxylation is 1. The normalized spacial score (nSPS) is 11.4. The van der Waals surface area contributed by atoms with E-state index >= 15 is 0 Å². The van der Waals surface area contributed by atoms with Crippen LogP contribution in [0.15, 0.2) is 54.6 Å². The fourth-order valence-corrected chi connectivity index (χ4v) is 3.10. The number of benzene rings is 2. The van der Waals surface area contributed by atoms with E-state index < -0.39 is 12.5 Å². The van der Waals surface area contributed by atoms with Crippen molar-refractivity contribution < 1.29 is 18.3 Å². The third-order valence-electron chi connectivity index (χ3n) is 4.26. The first kappa shape index (κ1) is 17.1. The van der Waals surface area contributed by atoms with Gasteiger partial charge >= 0.3 is 12.5 Å². The largest absolute Gasteiger partial charge is 0.454 e. The van der Waals surface area contributed by atoms with E-state index in [2.05, 4.69) is 9.97 Å². The smallest absolute Gasteiger partial charge is 0.339 e.